The Morgan fingerprint density at radius 1 is 1.27 bits per heavy atom. The second-order valence-corrected chi connectivity index (χ2v) is 8.73. The Morgan fingerprint density at radius 2 is 2.04 bits per heavy atom. The Bertz CT molecular complexity index is 562. The van der Waals surface area contributed by atoms with E-state index in [9.17, 15) is 5.11 Å². The molecule has 3 rings (SSSR count). The van der Waals surface area contributed by atoms with Crippen LogP contribution in [0, 0.1) is 5.92 Å². The van der Waals surface area contributed by atoms with Gasteiger partial charge in [0, 0.05) is 44.2 Å². The number of ether oxygens (including phenoxy) is 2. The summed E-state index contributed by atoms with van der Waals surface area (Å²) in [5, 5.41) is 10.3. The standard InChI is InChI=1S/C20H32N2O3S/c1-21(12-16-3-4-16)13-17-5-6-19(20(11-17)24-2)25-15-18(23)14-22-7-9-26-10-8-22/h5-6,11,16,18,23H,3-4,7-10,12-15H2,1-2H3. The summed E-state index contributed by atoms with van der Waals surface area (Å²) >= 11 is 1.98. The van der Waals surface area contributed by atoms with Gasteiger partial charge in [-0.1, -0.05) is 6.07 Å². The second kappa shape index (κ2) is 9.83. The molecule has 1 aliphatic heterocycles. The summed E-state index contributed by atoms with van der Waals surface area (Å²) in [5.41, 5.74) is 1.23. The van der Waals surface area contributed by atoms with Crippen molar-refractivity contribution in [2.45, 2.75) is 25.5 Å². The average Bonchev–Trinajstić information content (AvgIpc) is 3.45. The molecule has 1 unspecified atom stereocenters. The second-order valence-electron chi connectivity index (χ2n) is 7.50. The summed E-state index contributed by atoms with van der Waals surface area (Å²) in [5.74, 6) is 4.64. The van der Waals surface area contributed by atoms with Crippen molar-refractivity contribution in [3.8, 4) is 11.5 Å². The van der Waals surface area contributed by atoms with Gasteiger partial charge in [-0.05, 0) is 43.5 Å². The number of aliphatic hydroxyl groups is 1. The highest BCUT2D eigenvalue weighted by Gasteiger charge is 2.23. The van der Waals surface area contributed by atoms with Gasteiger partial charge in [-0.25, -0.2) is 0 Å². The Labute approximate surface area is 161 Å². The molecular formula is C20H32N2O3S. The van der Waals surface area contributed by atoms with Crippen molar-refractivity contribution in [2.75, 3.05) is 58.4 Å². The van der Waals surface area contributed by atoms with Crippen molar-refractivity contribution in [2.24, 2.45) is 5.92 Å². The largest absolute Gasteiger partial charge is 0.493 e. The minimum atomic E-state index is -0.479. The molecule has 146 valence electrons. The first-order valence-electron chi connectivity index (χ1n) is 9.60. The monoisotopic (exact) mass is 380 g/mol. The van der Waals surface area contributed by atoms with Crippen molar-refractivity contribution in [1.82, 2.24) is 9.80 Å². The van der Waals surface area contributed by atoms with E-state index in [0.717, 1.165) is 42.8 Å². The lowest BCUT2D eigenvalue weighted by Gasteiger charge is -2.28. The molecule has 1 N–H and O–H groups in total. The van der Waals surface area contributed by atoms with E-state index in [1.807, 2.05) is 23.9 Å². The van der Waals surface area contributed by atoms with Gasteiger partial charge in [0.25, 0.3) is 0 Å². The van der Waals surface area contributed by atoms with E-state index in [4.69, 9.17) is 9.47 Å². The van der Waals surface area contributed by atoms with Crippen LogP contribution in [-0.2, 0) is 6.54 Å². The molecule has 0 spiro atoms. The molecule has 2 aliphatic rings. The Hall–Kier alpha value is -0.950. The smallest absolute Gasteiger partial charge is 0.161 e. The van der Waals surface area contributed by atoms with E-state index < -0.39 is 6.10 Å². The SMILES string of the molecule is COc1cc(CN(C)CC2CC2)ccc1OCC(O)CN1CCSCC1. The summed E-state index contributed by atoms with van der Waals surface area (Å²) in [6.45, 7) is 5.15. The lowest BCUT2D eigenvalue weighted by molar-refractivity contribution is 0.0704. The highest BCUT2D eigenvalue weighted by atomic mass is 32.2. The van der Waals surface area contributed by atoms with Gasteiger partial charge in [0.2, 0.25) is 0 Å². The van der Waals surface area contributed by atoms with Crippen LogP contribution in [0.3, 0.4) is 0 Å². The maximum Gasteiger partial charge on any atom is 0.161 e. The summed E-state index contributed by atoms with van der Waals surface area (Å²) in [4.78, 5) is 4.67. The number of nitrogens with zero attached hydrogens (tertiary/aromatic N) is 2. The van der Waals surface area contributed by atoms with E-state index in [1.54, 1.807) is 7.11 Å². The third kappa shape index (κ3) is 6.34. The van der Waals surface area contributed by atoms with Gasteiger partial charge >= 0.3 is 0 Å². The summed E-state index contributed by atoms with van der Waals surface area (Å²) in [6.07, 6.45) is 2.27. The van der Waals surface area contributed by atoms with Crippen molar-refractivity contribution >= 4 is 11.8 Å². The van der Waals surface area contributed by atoms with Crippen LogP contribution in [0.1, 0.15) is 18.4 Å². The summed E-state index contributed by atoms with van der Waals surface area (Å²) < 4.78 is 11.4. The van der Waals surface area contributed by atoms with Crippen LogP contribution in [0.5, 0.6) is 11.5 Å². The minimum Gasteiger partial charge on any atom is -0.493 e. The van der Waals surface area contributed by atoms with Crippen molar-refractivity contribution < 1.29 is 14.6 Å². The molecule has 1 saturated carbocycles. The van der Waals surface area contributed by atoms with E-state index in [-0.39, 0.29) is 0 Å². The van der Waals surface area contributed by atoms with Crippen molar-refractivity contribution in [3.63, 3.8) is 0 Å². The number of hydrogen-bond acceptors (Lipinski definition) is 6. The molecule has 0 aromatic heterocycles. The molecule has 26 heavy (non-hydrogen) atoms. The first-order valence-corrected chi connectivity index (χ1v) is 10.8. The zero-order chi connectivity index (χ0) is 18.4. The van der Waals surface area contributed by atoms with Crippen LogP contribution in [0.2, 0.25) is 0 Å². The molecule has 6 heteroatoms. The predicted octanol–water partition coefficient (Wildman–Crippen LogP) is 2.33. The molecule has 0 amide bonds. The normalized spacial score (nSPS) is 19.5. The van der Waals surface area contributed by atoms with E-state index in [0.29, 0.717) is 18.9 Å². The molecule has 1 aromatic rings. The molecular weight excluding hydrogens is 348 g/mol. The van der Waals surface area contributed by atoms with Gasteiger partial charge in [0.1, 0.15) is 12.7 Å². The number of thioether (sulfide) groups is 1. The van der Waals surface area contributed by atoms with Crippen LogP contribution in [-0.4, -0.2) is 79.5 Å². The first kappa shape index (κ1) is 19.8. The Kier molecular flexibility index (Phi) is 7.49. The Morgan fingerprint density at radius 3 is 2.73 bits per heavy atom. The minimum absolute atomic E-state index is 0.293. The molecule has 1 atom stereocenters. The van der Waals surface area contributed by atoms with Crippen LogP contribution >= 0.6 is 11.8 Å². The number of methoxy groups -OCH3 is 1. The topological polar surface area (TPSA) is 45.2 Å². The molecule has 2 fully saturated rings. The maximum absolute atomic E-state index is 10.3. The fourth-order valence-electron chi connectivity index (χ4n) is 3.37. The fraction of sp³-hybridized carbons (Fsp3) is 0.700. The molecule has 5 nitrogen and oxygen atoms in total. The van der Waals surface area contributed by atoms with Crippen LogP contribution in [0.25, 0.3) is 0 Å². The van der Waals surface area contributed by atoms with E-state index in [2.05, 4.69) is 22.9 Å². The third-order valence-electron chi connectivity index (χ3n) is 4.95. The number of β-amino-alcohol motifs (C(OH)–C–C–N with tert-alkyl or cyclic N) is 1. The zero-order valence-corrected chi connectivity index (χ0v) is 16.8. The number of hydrogen-bond donors (Lipinski definition) is 1. The molecule has 1 saturated heterocycles. The first-order chi connectivity index (χ1) is 12.6. The molecule has 0 bridgehead atoms. The number of aliphatic hydroxyl groups excluding tert-OH is 1. The molecule has 1 aromatic carbocycles. The quantitative estimate of drug-likeness (QED) is 0.672. The molecule has 0 radical (unpaired) electrons. The summed E-state index contributed by atoms with van der Waals surface area (Å²) in [6, 6.07) is 6.10. The maximum atomic E-state index is 10.3. The molecule has 1 heterocycles. The van der Waals surface area contributed by atoms with Gasteiger partial charge < -0.3 is 19.5 Å². The third-order valence-corrected chi connectivity index (χ3v) is 5.89. The van der Waals surface area contributed by atoms with Gasteiger partial charge in [-0.2, -0.15) is 11.8 Å². The highest BCUT2D eigenvalue weighted by molar-refractivity contribution is 7.99. The van der Waals surface area contributed by atoms with Crippen LogP contribution in [0.15, 0.2) is 18.2 Å². The lowest BCUT2D eigenvalue weighted by Crippen LogP contribution is -2.40. The number of rotatable bonds is 10. The fourth-order valence-corrected chi connectivity index (χ4v) is 4.35. The van der Waals surface area contributed by atoms with E-state index in [1.165, 1.54) is 24.9 Å². The average molecular weight is 381 g/mol. The van der Waals surface area contributed by atoms with Gasteiger partial charge in [-0.3, -0.25) is 4.90 Å². The van der Waals surface area contributed by atoms with Gasteiger partial charge in [0.15, 0.2) is 11.5 Å². The highest BCUT2D eigenvalue weighted by Crippen LogP contribution is 2.31. The molecule has 1 aliphatic carbocycles. The Balaban J connectivity index is 1.48. The lowest BCUT2D eigenvalue weighted by atomic mass is 10.2. The van der Waals surface area contributed by atoms with Crippen LogP contribution in [0.4, 0.5) is 0 Å². The predicted molar refractivity (Wildman–Crippen MR) is 107 cm³/mol. The number of benzene rings is 1. The van der Waals surface area contributed by atoms with Gasteiger partial charge in [0.05, 0.1) is 7.11 Å². The van der Waals surface area contributed by atoms with Crippen LogP contribution < -0.4 is 9.47 Å². The zero-order valence-electron chi connectivity index (χ0n) is 16.0. The summed E-state index contributed by atoms with van der Waals surface area (Å²) in [7, 11) is 3.84. The van der Waals surface area contributed by atoms with Crippen molar-refractivity contribution in [1.29, 1.82) is 0 Å². The van der Waals surface area contributed by atoms with Crippen molar-refractivity contribution in [3.05, 3.63) is 23.8 Å². The van der Waals surface area contributed by atoms with E-state index >= 15 is 0 Å². The van der Waals surface area contributed by atoms with Gasteiger partial charge in [-0.15, -0.1) is 0 Å².